The number of aromatic nitrogens is 1. The summed E-state index contributed by atoms with van der Waals surface area (Å²) in [5.41, 5.74) is 10.8. The van der Waals surface area contributed by atoms with Gasteiger partial charge in [0.05, 0.1) is 26.3 Å². The van der Waals surface area contributed by atoms with Crippen LogP contribution in [-0.2, 0) is 9.47 Å². The highest BCUT2D eigenvalue weighted by molar-refractivity contribution is 5.97. The highest BCUT2D eigenvalue weighted by Crippen LogP contribution is 2.37. The summed E-state index contributed by atoms with van der Waals surface area (Å²) in [5, 5.41) is 0. The SMILES string of the molecule is COc1cccc(C(c2cc(C)cc(C)c2)[C@H]2COC(c3cccc(C4=NC([C@@H](c5cc(C)cc(C)c5)c5cccc(OC)c5)CO4)n3)=N2)c1. The van der Waals surface area contributed by atoms with Gasteiger partial charge in [-0.25, -0.2) is 15.0 Å². The van der Waals surface area contributed by atoms with E-state index in [4.69, 9.17) is 33.9 Å². The van der Waals surface area contributed by atoms with E-state index in [1.165, 1.54) is 33.4 Å². The van der Waals surface area contributed by atoms with E-state index >= 15 is 0 Å². The van der Waals surface area contributed by atoms with Gasteiger partial charge in [-0.3, -0.25) is 0 Å². The van der Waals surface area contributed by atoms with Crippen molar-refractivity contribution in [2.75, 3.05) is 27.4 Å². The maximum absolute atomic E-state index is 6.29. The van der Waals surface area contributed by atoms with Gasteiger partial charge < -0.3 is 18.9 Å². The number of hydrogen-bond acceptors (Lipinski definition) is 7. The third-order valence-electron chi connectivity index (χ3n) is 9.42. The van der Waals surface area contributed by atoms with Gasteiger partial charge in [0, 0.05) is 11.8 Å². The van der Waals surface area contributed by atoms with E-state index in [0.717, 1.165) is 22.6 Å². The Bertz CT molecular complexity index is 1900. The molecule has 1 aromatic heterocycles. The fourth-order valence-corrected chi connectivity index (χ4v) is 7.40. The molecule has 0 bridgehead atoms. The van der Waals surface area contributed by atoms with Gasteiger partial charge in [0.2, 0.25) is 11.8 Å². The summed E-state index contributed by atoms with van der Waals surface area (Å²) >= 11 is 0. The first kappa shape index (κ1) is 33.1. The molecule has 5 aromatic rings. The zero-order valence-corrected chi connectivity index (χ0v) is 29.5. The number of ether oxygens (including phenoxy) is 4. The molecule has 7 heteroatoms. The summed E-state index contributed by atoms with van der Waals surface area (Å²) in [6.07, 6.45) is 0. The Morgan fingerprint density at radius 1 is 0.520 bits per heavy atom. The van der Waals surface area contributed by atoms with Crippen molar-refractivity contribution in [1.29, 1.82) is 0 Å². The van der Waals surface area contributed by atoms with E-state index in [0.29, 0.717) is 36.4 Å². The van der Waals surface area contributed by atoms with Crippen molar-refractivity contribution >= 4 is 11.8 Å². The zero-order valence-electron chi connectivity index (χ0n) is 29.5. The number of nitrogens with zero attached hydrogens (tertiary/aromatic N) is 3. The van der Waals surface area contributed by atoms with Crippen LogP contribution in [0.1, 0.15) is 67.7 Å². The predicted octanol–water partition coefficient (Wildman–Crippen LogP) is 8.29. The Balaban J connectivity index is 1.20. The summed E-state index contributed by atoms with van der Waals surface area (Å²) in [6.45, 7) is 9.41. The average Bonchev–Trinajstić information content (AvgIpc) is 3.79. The molecule has 7 rings (SSSR count). The van der Waals surface area contributed by atoms with Crippen molar-refractivity contribution in [3.63, 3.8) is 0 Å². The van der Waals surface area contributed by atoms with Crippen LogP contribution in [0.25, 0.3) is 0 Å². The number of pyridine rings is 1. The molecule has 2 aliphatic rings. The minimum Gasteiger partial charge on any atom is -0.497 e. The van der Waals surface area contributed by atoms with Gasteiger partial charge in [-0.1, -0.05) is 89.0 Å². The highest BCUT2D eigenvalue weighted by atomic mass is 16.5. The first-order valence-corrected chi connectivity index (χ1v) is 17.1. The minimum absolute atomic E-state index is 0.0218. The Kier molecular flexibility index (Phi) is 9.40. The fraction of sp³-hybridized carbons (Fsp3) is 0.279. The van der Waals surface area contributed by atoms with Gasteiger partial charge in [-0.2, -0.15) is 0 Å². The molecular formula is C43H43N3O4. The number of rotatable bonds is 10. The fourth-order valence-electron chi connectivity index (χ4n) is 7.40. The number of methoxy groups -OCH3 is 2. The van der Waals surface area contributed by atoms with E-state index in [1.807, 2.05) is 42.5 Å². The summed E-state index contributed by atoms with van der Waals surface area (Å²) in [4.78, 5) is 15.3. The average molecular weight is 666 g/mol. The van der Waals surface area contributed by atoms with E-state index in [1.54, 1.807) is 14.2 Å². The van der Waals surface area contributed by atoms with Gasteiger partial charge in [0.25, 0.3) is 0 Å². The second-order valence-electron chi connectivity index (χ2n) is 13.4. The minimum atomic E-state index is -0.144. The lowest BCUT2D eigenvalue weighted by atomic mass is 9.84. The van der Waals surface area contributed by atoms with E-state index in [2.05, 4.69) is 88.4 Å². The van der Waals surface area contributed by atoms with E-state index in [-0.39, 0.29) is 23.9 Å². The molecule has 0 N–H and O–H groups in total. The summed E-state index contributed by atoms with van der Waals surface area (Å²) in [6, 6.07) is 35.4. The number of benzene rings is 4. The first-order valence-electron chi connectivity index (χ1n) is 17.1. The van der Waals surface area contributed by atoms with Crippen LogP contribution in [0.5, 0.6) is 11.5 Å². The summed E-state index contributed by atoms with van der Waals surface area (Å²) in [7, 11) is 3.39. The quantitative estimate of drug-likeness (QED) is 0.150. The molecule has 0 saturated carbocycles. The molecule has 0 spiro atoms. The van der Waals surface area contributed by atoms with Gasteiger partial charge in [-0.05, 0) is 86.3 Å². The molecule has 0 radical (unpaired) electrons. The topological polar surface area (TPSA) is 74.5 Å². The third kappa shape index (κ3) is 6.99. The van der Waals surface area contributed by atoms with Crippen molar-refractivity contribution in [2.24, 2.45) is 9.98 Å². The standard InChI is InChI=1S/C43H43N3O4/c1-26-16-27(2)19-32(18-26)40(30-10-7-12-34(22-30)47-5)38-24-49-42(45-38)36-14-9-15-37(44-36)43-46-39(25-50-43)41(31-11-8-13-35(23-31)48-6)33-20-28(3)17-29(4)21-33/h7-23,38-41H,24-25H2,1-6H3/t38-,39?,40?,41-/m1/s1. The monoisotopic (exact) mass is 665 g/mol. The smallest absolute Gasteiger partial charge is 0.235 e. The van der Waals surface area contributed by atoms with Gasteiger partial charge in [0.15, 0.2) is 0 Å². The lowest BCUT2D eigenvalue weighted by Crippen LogP contribution is -2.20. The van der Waals surface area contributed by atoms with Crippen LogP contribution in [0.15, 0.2) is 113 Å². The summed E-state index contributed by atoms with van der Waals surface area (Å²) in [5.74, 6) is 2.63. The van der Waals surface area contributed by atoms with Gasteiger partial charge in [0.1, 0.15) is 36.1 Å². The van der Waals surface area contributed by atoms with Crippen molar-refractivity contribution in [3.05, 3.63) is 159 Å². The first-order chi connectivity index (χ1) is 24.3. The normalized spacial score (nSPS) is 18.0. The second-order valence-corrected chi connectivity index (χ2v) is 13.4. The lowest BCUT2D eigenvalue weighted by Gasteiger charge is -2.23. The molecule has 2 aliphatic heterocycles. The Morgan fingerprint density at radius 3 is 1.32 bits per heavy atom. The molecule has 50 heavy (non-hydrogen) atoms. The highest BCUT2D eigenvalue weighted by Gasteiger charge is 2.34. The van der Waals surface area contributed by atoms with Crippen LogP contribution in [0.4, 0.5) is 0 Å². The molecule has 7 nitrogen and oxygen atoms in total. The Labute approximate surface area is 294 Å². The second kappa shape index (κ2) is 14.2. The van der Waals surface area contributed by atoms with Gasteiger partial charge in [-0.15, -0.1) is 0 Å². The lowest BCUT2D eigenvalue weighted by molar-refractivity contribution is 0.306. The van der Waals surface area contributed by atoms with Crippen molar-refractivity contribution in [3.8, 4) is 11.5 Å². The van der Waals surface area contributed by atoms with E-state index in [9.17, 15) is 0 Å². The van der Waals surface area contributed by atoms with Crippen LogP contribution >= 0.6 is 0 Å². The molecule has 254 valence electrons. The third-order valence-corrected chi connectivity index (χ3v) is 9.42. The maximum atomic E-state index is 6.29. The molecule has 0 fully saturated rings. The number of aliphatic imine (C=N–C) groups is 2. The van der Waals surface area contributed by atoms with Crippen LogP contribution in [0, 0.1) is 27.7 Å². The largest absolute Gasteiger partial charge is 0.497 e. The van der Waals surface area contributed by atoms with E-state index < -0.39 is 0 Å². The van der Waals surface area contributed by atoms with Crippen molar-refractivity contribution < 1.29 is 18.9 Å². The Hall–Kier alpha value is -5.43. The molecule has 0 saturated heterocycles. The Morgan fingerprint density at radius 2 is 0.920 bits per heavy atom. The zero-order chi connectivity index (χ0) is 34.8. The number of hydrogen-bond donors (Lipinski definition) is 0. The van der Waals surface area contributed by atoms with Crippen molar-refractivity contribution in [1.82, 2.24) is 4.98 Å². The molecule has 4 atom stereocenters. The molecule has 3 heterocycles. The van der Waals surface area contributed by atoms with Crippen molar-refractivity contribution in [2.45, 2.75) is 51.6 Å². The van der Waals surface area contributed by atoms with Crippen LogP contribution in [0.3, 0.4) is 0 Å². The van der Waals surface area contributed by atoms with Crippen LogP contribution < -0.4 is 9.47 Å². The molecule has 0 amide bonds. The van der Waals surface area contributed by atoms with Crippen LogP contribution in [-0.4, -0.2) is 56.3 Å². The molecular weight excluding hydrogens is 622 g/mol. The maximum Gasteiger partial charge on any atom is 0.235 e. The number of aryl methyl sites for hydroxylation is 4. The van der Waals surface area contributed by atoms with Crippen LogP contribution in [0.2, 0.25) is 0 Å². The summed E-state index contributed by atoms with van der Waals surface area (Å²) < 4.78 is 23.8. The molecule has 2 unspecified atom stereocenters. The van der Waals surface area contributed by atoms with Gasteiger partial charge >= 0.3 is 0 Å². The molecule has 0 aliphatic carbocycles. The molecule has 4 aromatic carbocycles. The predicted molar refractivity (Wildman–Crippen MR) is 198 cm³/mol.